The summed E-state index contributed by atoms with van der Waals surface area (Å²) in [4.78, 5) is 40.2. The van der Waals surface area contributed by atoms with Crippen molar-refractivity contribution in [1.29, 1.82) is 0 Å². The third-order valence-electron chi connectivity index (χ3n) is 7.46. The van der Waals surface area contributed by atoms with Crippen molar-refractivity contribution >= 4 is 16.7 Å². The second-order valence-corrected chi connectivity index (χ2v) is 11.3. The van der Waals surface area contributed by atoms with Crippen LogP contribution >= 0.6 is 0 Å². The molecule has 0 radical (unpaired) electrons. The number of nitrogens with zero attached hydrogens (tertiary/aromatic N) is 4. The lowest BCUT2D eigenvalue weighted by molar-refractivity contribution is 0.248. The molecule has 200 valence electrons. The summed E-state index contributed by atoms with van der Waals surface area (Å²) in [5.74, 6) is 0.879. The van der Waals surface area contributed by atoms with E-state index in [4.69, 9.17) is 4.98 Å². The molecule has 4 aromatic rings. The summed E-state index contributed by atoms with van der Waals surface area (Å²) in [5.41, 5.74) is 5.67. The van der Waals surface area contributed by atoms with Crippen LogP contribution in [-0.2, 0) is 18.5 Å². The fourth-order valence-corrected chi connectivity index (χ4v) is 5.09. The van der Waals surface area contributed by atoms with Gasteiger partial charge in [-0.2, -0.15) is 0 Å². The molecule has 0 bridgehead atoms. The first-order valence-electron chi connectivity index (χ1n) is 13.6. The van der Waals surface area contributed by atoms with E-state index in [2.05, 4.69) is 89.9 Å². The highest BCUT2D eigenvalue weighted by Gasteiger charge is 2.22. The van der Waals surface area contributed by atoms with Gasteiger partial charge in [0.1, 0.15) is 11.3 Å². The number of rotatable bonds is 7. The Labute approximate surface area is 223 Å². The zero-order chi connectivity index (χ0) is 26.9. The summed E-state index contributed by atoms with van der Waals surface area (Å²) < 4.78 is 1.63. The topological polar surface area (TPSA) is 90.0 Å². The number of aromatic nitrogens is 4. The molecule has 0 atom stereocenters. The second-order valence-electron chi connectivity index (χ2n) is 11.3. The highest BCUT2D eigenvalue weighted by Crippen LogP contribution is 2.30. The van der Waals surface area contributed by atoms with Crippen LogP contribution in [0.1, 0.15) is 51.7 Å². The number of anilines is 1. The number of piperazine rings is 1. The number of fused-ring (bicyclic) bond motifs is 1. The van der Waals surface area contributed by atoms with Crippen LogP contribution in [0.5, 0.6) is 0 Å². The Morgan fingerprint density at radius 2 is 1.68 bits per heavy atom. The quantitative estimate of drug-likeness (QED) is 0.379. The fourth-order valence-electron chi connectivity index (χ4n) is 5.09. The molecule has 1 saturated heterocycles. The van der Waals surface area contributed by atoms with Gasteiger partial charge in [0.05, 0.1) is 11.2 Å². The van der Waals surface area contributed by atoms with Crippen molar-refractivity contribution in [2.75, 3.05) is 31.1 Å². The van der Waals surface area contributed by atoms with Crippen molar-refractivity contribution in [1.82, 2.24) is 24.4 Å². The Bertz CT molecular complexity index is 1520. The maximum atomic E-state index is 12.4. The summed E-state index contributed by atoms with van der Waals surface area (Å²) in [7, 11) is 0. The van der Waals surface area contributed by atoms with E-state index < -0.39 is 0 Å². The lowest BCUT2D eigenvalue weighted by atomic mass is 9.87. The van der Waals surface area contributed by atoms with E-state index >= 15 is 0 Å². The van der Waals surface area contributed by atoms with Crippen LogP contribution in [0.4, 0.5) is 5.69 Å². The molecule has 0 aliphatic carbocycles. The van der Waals surface area contributed by atoms with Gasteiger partial charge in [0.2, 0.25) is 0 Å². The highest BCUT2D eigenvalue weighted by atomic mass is 16.2. The predicted octanol–water partition coefficient (Wildman–Crippen LogP) is 4.50. The molecule has 8 heteroatoms. The van der Waals surface area contributed by atoms with Crippen molar-refractivity contribution in [3.8, 4) is 11.4 Å². The Hall–Kier alpha value is -3.65. The maximum absolute atomic E-state index is 12.4. The van der Waals surface area contributed by atoms with Crippen molar-refractivity contribution in [3.63, 3.8) is 0 Å². The minimum absolute atomic E-state index is 0.116. The van der Waals surface area contributed by atoms with Crippen LogP contribution in [0.3, 0.4) is 0 Å². The Morgan fingerprint density at radius 1 is 0.947 bits per heavy atom. The molecule has 1 aliphatic rings. The number of imidazole rings is 1. The van der Waals surface area contributed by atoms with Gasteiger partial charge in [-0.15, -0.1) is 0 Å². The van der Waals surface area contributed by atoms with Crippen molar-refractivity contribution in [3.05, 3.63) is 80.6 Å². The number of para-hydroxylation sites is 1. The summed E-state index contributed by atoms with van der Waals surface area (Å²) in [6, 6.07) is 14.9. The average molecular weight is 515 g/mol. The number of benzene rings is 2. The molecule has 2 aromatic heterocycles. The van der Waals surface area contributed by atoms with Crippen LogP contribution in [0.2, 0.25) is 0 Å². The molecule has 2 N–H and O–H groups in total. The van der Waals surface area contributed by atoms with Gasteiger partial charge >= 0.3 is 5.69 Å². The number of nitrogens with one attached hydrogen (secondary N) is 2. The summed E-state index contributed by atoms with van der Waals surface area (Å²) in [6.45, 7) is 13.3. The number of aromatic amines is 2. The van der Waals surface area contributed by atoms with Gasteiger partial charge in [-0.3, -0.25) is 14.7 Å². The first-order valence-corrected chi connectivity index (χ1v) is 13.6. The van der Waals surface area contributed by atoms with Gasteiger partial charge < -0.3 is 14.5 Å². The molecule has 2 aromatic carbocycles. The van der Waals surface area contributed by atoms with E-state index in [0.29, 0.717) is 18.7 Å². The first kappa shape index (κ1) is 26.0. The van der Waals surface area contributed by atoms with Crippen LogP contribution in [0.25, 0.3) is 22.4 Å². The molecule has 5 rings (SSSR count). The Balaban J connectivity index is 1.30. The number of unbranched alkanes of at least 4 members (excludes halogenated alkanes) is 1. The van der Waals surface area contributed by atoms with Gasteiger partial charge in [0.15, 0.2) is 0 Å². The van der Waals surface area contributed by atoms with Crippen LogP contribution in [0, 0.1) is 0 Å². The van der Waals surface area contributed by atoms with E-state index in [9.17, 15) is 9.59 Å². The average Bonchev–Trinajstić information content (AvgIpc) is 3.34. The molecule has 1 fully saturated rings. The normalized spacial score (nSPS) is 14.9. The molecule has 1 aliphatic heterocycles. The van der Waals surface area contributed by atoms with Crippen molar-refractivity contribution in [2.45, 2.75) is 59.0 Å². The van der Waals surface area contributed by atoms with E-state index in [1.165, 1.54) is 5.56 Å². The monoisotopic (exact) mass is 514 g/mol. The molecular formula is C30H38N6O2. The third-order valence-corrected chi connectivity index (χ3v) is 7.46. The predicted molar refractivity (Wildman–Crippen MR) is 154 cm³/mol. The van der Waals surface area contributed by atoms with Gasteiger partial charge in [0.25, 0.3) is 5.56 Å². The van der Waals surface area contributed by atoms with E-state index in [0.717, 1.165) is 67.1 Å². The van der Waals surface area contributed by atoms with E-state index in [1.807, 2.05) is 0 Å². The standard InChI is InChI=1S/C30H38N6O2/c1-5-6-14-36-20-22(28(37)33-29(36)38)19-34-15-17-35(18-16-34)25-9-7-8-24-26(25)32-27(31-24)21-10-12-23(13-11-21)30(2,3)4/h7-13,20H,5-6,14-19H2,1-4H3,(H,31,32)(H,33,37,38). The zero-order valence-corrected chi connectivity index (χ0v) is 22.9. The first-order chi connectivity index (χ1) is 18.2. The van der Waals surface area contributed by atoms with Crippen molar-refractivity contribution in [2.24, 2.45) is 0 Å². The van der Waals surface area contributed by atoms with Gasteiger partial charge in [-0.1, -0.05) is 64.4 Å². The number of hydrogen-bond acceptors (Lipinski definition) is 5. The lowest BCUT2D eigenvalue weighted by Gasteiger charge is -2.36. The largest absolute Gasteiger partial charge is 0.367 e. The molecule has 0 amide bonds. The van der Waals surface area contributed by atoms with Gasteiger partial charge in [-0.05, 0) is 29.5 Å². The molecule has 0 spiro atoms. The molecule has 3 heterocycles. The lowest BCUT2D eigenvalue weighted by Crippen LogP contribution is -2.47. The second kappa shape index (κ2) is 10.6. The SMILES string of the molecule is CCCCn1cc(CN2CCN(c3cccc4[nH]c(-c5ccc(C(C)(C)C)cc5)nc34)CC2)c(=O)[nH]c1=O. The van der Waals surface area contributed by atoms with Crippen LogP contribution in [-0.4, -0.2) is 50.6 Å². The summed E-state index contributed by atoms with van der Waals surface area (Å²) in [6.07, 6.45) is 3.65. The summed E-state index contributed by atoms with van der Waals surface area (Å²) >= 11 is 0. The number of H-pyrrole nitrogens is 2. The minimum Gasteiger partial charge on any atom is -0.367 e. The molecular weight excluding hydrogens is 476 g/mol. The van der Waals surface area contributed by atoms with E-state index in [1.54, 1.807) is 10.8 Å². The fraction of sp³-hybridized carbons (Fsp3) is 0.433. The highest BCUT2D eigenvalue weighted by molar-refractivity contribution is 5.91. The summed E-state index contributed by atoms with van der Waals surface area (Å²) in [5, 5.41) is 0. The van der Waals surface area contributed by atoms with Gasteiger partial charge in [-0.25, -0.2) is 9.78 Å². The van der Waals surface area contributed by atoms with E-state index in [-0.39, 0.29) is 16.7 Å². The number of aryl methyl sites for hydroxylation is 1. The van der Waals surface area contributed by atoms with Crippen LogP contribution < -0.4 is 16.1 Å². The van der Waals surface area contributed by atoms with Crippen LogP contribution in [0.15, 0.2) is 58.3 Å². The molecule has 0 unspecified atom stereocenters. The minimum atomic E-state index is -0.325. The Kier molecular flexibility index (Phi) is 7.25. The number of hydrogen-bond donors (Lipinski definition) is 2. The van der Waals surface area contributed by atoms with Gasteiger partial charge in [0, 0.05) is 56.6 Å². The third kappa shape index (κ3) is 5.45. The zero-order valence-electron chi connectivity index (χ0n) is 22.9. The molecule has 0 saturated carbocycles. The molecule has 38 heavy (non-hydrogen) atoms. The smallest absolute Gasteiger partial charge is 0.328 e. The Morgan fingerprint density at radius 3 is 2.37 bits per heavy atom. The van der Waals surface area contributed by atoms with Crippen molar-refractivity contribution < 1.29 is 0 Å². The molecule has 8 nitrogen and oxygen atoms in total. The maximum Gasteiger partial charge on any atom is 0.328 e.